The highest BCUT2D eigenvalue weighted by atomic mass is 16.5. The topological polar surface area (TPSA) is 41.7 Å². The molecular formula is C11H23N3O. The Morgan fingerprint density at radius 2 is 2.00 bits per heavy atom. The van der Waals surface area contributed by atoms with Crippen LogP contribution in [0.3, 0.4) is 0 Å². The Hall–Kier alpha value is -0.160. The van der Waals surface area contributed by atoms with Crippen molar-refractivity contribution in [3.05, 3.63) is 0 Å². The number of nitrogens with zero attached hydrogens (tertiary/aromatic N) is 2. The number of likely N-dealkylation sites (N-methyl/N-ethyl adjacent to an activating group) is 1. The first-order chi connectivity index (χ1) is 7.27. The number of rotatable bonds is 2. The lowest BCUT2D eigenvalue weighted by molar-refractivity contribution is -0.0447. The molecule has 0 aromatic rings. The molecule has 0 saturated carbocycles. The van der Waals surface area contributed by atoms with Crippen LogP contribution < -0.4 is 5.73 Å². The second-order valence-electron chi connectivity index (χ2n) is 4.87. The number of likely N-dealkylation sites (tertiary alicyclic amines) is 1. The number of nitrogens with two attached hydrogens (primary N) is 1. The molecule has 2 fully saturated rings. The van der Waals surface area contributed by atoms with E-state index in [1.807, 2.05) is 0 Å². The Labute approximate surface area is 92.4 Å². The van der Waals surface area contributed by atoms with E-state index in [0.717, 1.165) is 39.4 Å². The summed E-state index contributed by atoms with van der Waals surface area (Å²) in [6.07, 6.45) is 2.51. The fourth-order valence-corrected chi connectivity index (χ4v) is 2.93. The van der Waals surface area contributed by atoms with Crippen molar-refractivity contribution < 1.29 is 4.74 Å². The zero-order chi connectivity index (χ0) is 10.7. The fourth-order valence-electron chi connectivity index (χ4n) is 2.93. The normalized spacial score (nSPS) is 35.6. The van der Waals surface area contributed by atoms with Crippen LogP contribution in [0.25, 0.3) is 0 Å². The Balaban J connectivity index is 2.04. The van der Waals surface area contributed by atoms with E-state index >= 15 is 0 Å². The predicted molar refractivity (Wildman–Crippen MR) is 60.9 cm³/mol. The largest absolute Gasteiger partial charge is 0.379 e. The second kappa shape index (κ2) is 4.78. The van der Waals surface area contributed by atoms with Crippen molar-refractivity contribution in [1.29, 1.82) is 0 Å². The molecule has 2 rings (SSSR count). The number of hydrogen-bond donors (Lipinski definition) is 1. The number of hydrogen-bond acceptors (Lipinski definition) is 4. The van der Waals surface area contributed by atoms with E-state index in [1.165, 1.54) is 19.4 Å². The standard InChI is InChI=1S/C11H23N3O/c1-13-4-2-3-11(9-12,10-13)14-5-7-15-8-6-14/h2-10,12H2,1H3. The van der Waals surface area contributed by atoms with E-state index in [9.17, 15) is 0 Å². The number of morpholine rings is 1. The van der Waals surface area contributed by atoms with Crippen LogP contribution in [0.4, 0.5) is 0 Å². The Bertz CT molecular complexity index is 206. The predicted octanol–water partition coefficient (Wildman–Crippen LogP) is -0.258. The van der Waals surface area contributed by atoms with Crippen molar-refractivity contribution in [2.45, 2.75) is 18.4 Å². The molecule has 4 heteroatoms. The summed E-state index contributed by atoms with van der Waals surface area (Å²) in [4.78, 5) is 4.96. The Kier molecular flexibility index (Phi) is 3.61. The van der Waals surface area contributed by atoms with Crippen molar-refractivity contribution in [2.75, 3.05) is 53.0 Å². The minimum atomic E-state index is 0.219. The van der Waals surface area contributed by atoms with Gasteiger partial charge in [0.1, 0.15) is 0 Å². The zero-order valence-electron chi connectivity index (χ0n) is 9.74. The van der Waals surface area contributed by atoms with Crippen LogP contribution in [0.5, 0.6) is 0 Å². The molecule has 88 valence electrons. The Morgan fingerprint density at radius 3 is 2.60 bits per heavy atom. The van der Waals surface area contributed by atoms with Gasteiger partial charge >= 0.3 is 0 Å². The lowest BCUT2D eigenvalue weighted by Crippen LogP contribution is -2.64. The highest BCUT2D eigenvalue weighted by Crippen LogP contribution is 2.26. The van der Waals surface area contributed by atoms with Gasteiger partial charge in [-0.2, -0.15) is 0 Å². The van der Waals surface area contributed by atoms with E-state index in [0.29, 0.717) is 0 Å². The minimum Gasteiger partial charge on any atom is -0.379 e. The molecule has 0 radical (unpaired) electrons. The van der Waals surface area contributed by atoms with E-state index in [1.54, 1.807) is 0 Å². The van der Waals surface area contributed by atoms with Gasteiger partial charge in [0, 0.05) is 31.7 Å². The molecule has 2 aliphatic rings. The van der Waals surface area contributed by atoms with Gasteiger partial charge in [0.05, 0.1) is 13.2 Å². The third-order valence-electron chi connectivity index (χ3n) is 3.81. The van der Waals surface area contributed by atoms with Gasteiger partial charge in [-0.3, -0.25) is 4.90 Å². The average Bonchev–Trinajstić information content (AvgIpc) is 2.30. The van der Waals surface area contributed by atoms with Crippen LogP contribution in [-0.2, 0) is 4.74 Å². The van der Waals surface area contributed by atoms with Crippen molar-refractivity contribution >= 4 is 0 Å². The summed E-state index contributed by atoms with van der Waals surface area (Å²) in [5.41, 5.74) is 6.24. The summed E-state index contributed by atoms with van der Waals surface area (Å²) in [7, 11) is 2.20. The molecule has 1 atom stereocenters. The van der Waals surface area contributed by atoms with E-state index in [2.05, 4.69) is 16.8 Å². The molecule has 0 amide bonds. The molecule has 0 spiro atoms. The van der Waals surface area contributed by atoms with Crippen LogP contribution in [0, 0.1) is 0 Å². The Morgan fingerprint density at radius 1 is 1.27 bits per heavy atom. The molecular weight excluding hydrogens is 190 g/mol. The zero-order valence-corrected chi connectivity index (χ0v) is 9.74. The molecule has 15 heavy (non-hydrogen) atoms. The molecule has 1 unspecified atom stereocenters. The monoisotopic (exact) mass is 213 g/mol. The third-order valence-corrected chi connectivity index (χ3v) is 3.81. The second-order valence-corrected chi connectivity index (χ2v) is 4.87. The van der Waals surface area contributed by atoms with Crippen molar-refractivity contribution in [3.63, 3.8) is 0 Å². The first-order valence-electron chi connectivity index (χ1n) is 5.98. The van der Waals surface area contributed by atoms with Gasteiger partial charge in [-0.15, -0.1) is 0 Å². The van der Waals surface area contributed by atoms with Gasteiger partial charge in [-0.05, 0) is 26.4 Å². The third kappa shape index (κ3) is 2.33. The highest BCUT2D eigenvalue weighted by molar-refractivity contribution is 4.97. The minimum absolute atomic E-state index is 0.219. The van der Waals surface area contributed by atoms with Gasteiger partial charge in [0.15, 0.2) is 0 Å². The molecule has 2 N–H and O–H groups in total. The summed E-state index contributed by atoms with van der Waals surface area (Å²) >= 11 is 0. The summed E-state index contributed by atoms with van der Waals surface area (Å²) in [6.45, 7) is 6.93. The average molecular weight is 213 g/mol. The number of ether oxygens (including phenoxy) is 1. The molecule has 0 aromatic heterocycles. The summed E-state index contributed by atoms with van der Waals surface area (Å²) in [5.74, 6) is 0. The van der Waals surface area contributed by atoms with Crippen LogP contribution in [0.2, 0.25) is 0 Å². The van der Waals surface area contributed by atoms with Gasteiger partial charge in [-0.1, -0.05) is 0 Å². The van der Waals surface area contributed by atoms with E-state index in [-0.39, 0.29) is 5.54 Å². The van der Waals surface area contributed by atoms with Crippen LogP contribution in [0.1, 0.15) is 12.8 Å². The quantitative estimate of drug-likeness (QED) is 0.686. The summed E-state index contributed by atoms with van der Waals surface area (Å²) in [5, 5.41) is 0. The maximum Gasteiger partial charge on any atom is 0.0594 e. The fraction of sp³-hybridized carbons (Fsp3) is 1.00. The van der Waals surface area contributed by atoms with E-state index < -0.39 is 0 Å². The number of piperidine rings is 1. The molecule has 0 aliphatic carbocycles. The van der Waals surface area contributed by atoms with Crippen LogP contribution >= 0.6 is 0 Å². The van der Waals surface area contributed by atoms with E-state index in [4.69, 9.17) is 10.5 Å². The lowest BCUT2D eigenvalue weighted by Gasteiger charge is -2.49. The maximum atomic E-state index is 6.02. The summed E-state index contributed by atoms with van der Waals surface area (Å²) in [6, 6.07) is 0. The first-order valence-corrected chi connectivity index (χ1v) is 5.98. The molecule has 0 bridgehead atoms. The smallest absolute Gasteiger partial charge is 0.0594 e. The SMILES string of the molecule is CN1CCCC(CN)(N2CCOCC2)C1. The molecule has 2 heterocycles. The summed E-state index contributed by atoms with van der Waals surface area (Å²) < 4.78 is 5.41. The first kappa shape index (κ1) is 11.3. The van der Waals surface area contributed by atoms with Gasteiger partial charge in [0.2, 0.25) is 0 Å². The highest BCUT2D eigenvalue weighted by Gasteiger charge is 2.39. The van der Waals surface area contributed by atoms with Gasteiger partial charge in [0.25, 0.3) is 0 Å². The molecule has 2 saturated heterocycles. The van der Waals surface area contributed by atoms with Gasteiger partial charge in [-0.25, -0.2) is 0 Å². The van der Waals surface area contributed by atoms with Crippen LogP contribution in [-0.4, -0.2) is 68.3 Å². The van der Waals surface area contributed by atoms with Crippen molar-refractivity contribution in [2.24, 2.45) is 5.73 Å². The molecule has 0 aromatic carbocycles. The molecule has 4 nitrogen and oxygen atoms in total. The lowest BCUT2D eigenvalue weighted by atomic mass is 9.87. The van der Waals surface area contributed by atoms with Crippen molar-refractivity contribution in [1.82, 2.24) is 9.80 Å². The molecule has 2 aliphatic heterocycles. The van der Waals surface area contributed by atoms with Crippen molar-refractivity contribution in [3.8, 4) is 0 Å². The van der Waals surface area contributed by atoms with Crippen LogP contribution in [0.15, 0.2) is 0 Å². The maximum absolute atomic E-state index is 6.02. The van der Waals surface area contributed by atoms with Gasteiger partial charge < -0.3 is 15.4 Å².